The Hall–Kier alpha value is -0.880. The second-order valence-corrected chi connectivity index (χ2v) is 5.75. The minimum atomic E-state index is -3.19. The summed E-state index contributed by atoms with van der Waals surface area (Å²) in [7, 11) is -3.19. The van der Waals surface area contributed by atoms with E-state index in [9.17, 15) is 13.2 Å². The van der Waals surface area contributed by atoms with E-state index in [4.69, 9.17) is 0 Å². The van der Waals surface area contributed by atoms with Crippen molar-refractivity contribution in [2.75, 3.05) is 25.4 Å². The van der Waals surface area contributed by atoms with Crippen molar-refractivity contribution in [3.05, 3.63) is 12.7 Å². The van der Waals surface area contributed by atoms with Crippen LogP contribution in [0.5, 0.6) is 0 Å². The van der Waals surface area contributed by atoms with Gasteiger partial charge in [-0.3, -0.25) is 4.79 Å². The molecule has 0 aliphatic rings. The molecule has 5 nitrogen and oxygen atoms in total. The number of carbonyl (C=O) groups is 1. The van der Waals surface area contributed by atoms with Gasteiger partial charge in [-0.15, -0.1) is 6.58 Å². The lowest BCUT2D eigenvalue weighted by atomic mass is 10.4. The van der Waals surface area contributed by atoms with Gasteiger partial charge in [-0.2, -0.15) is 0 Å². The van der Waals surface area contributed by atoms with Gasteiger partial charge in [0.2, 0.25) is 15.9 Å². The maximum absolute atomic E-state index is 11.5. The predicted molar refractivity (Wildman–Crippen MR) is 69.1 cm³/mol. The zero-order valence-electron chi connectivity index (χ0n) is 10.6. The fourth-order valence-corrected chi connectivity index (χ4v) is 2.49. The lowest BCUT2D eigenvalue weighted by Gasteiger charge is -2.19. The first-order valence-electron chi connectivity index (χ1n) is 5.76. The summed E-state index contributed by atoms with van der Waals surface area (Å²) in [5, 5.41) is 0. The fraction of sp³-hybridized carbons (Fsp3) is 0.727. The molecule has 0 aliphatic heterocycles. The largest absolute Gasteiger partial charge is 0.338 e. The standard InChI is InChI=1S/C11H22N2O3S/c1-4-6-10-17(15,16)12-7-9-13(8-5-2)11(3)14/h5,12H,2,4,6-10H2,1,3H3. The predicted octanol–water partition coefficient (Wildman–Crippen LogP) is 0.740. The van der Waals surface area contributed by atoms with Crippen molar-refractivity contribution in [3.63, 3.8) is 0 Å². The highest BCUT2D eigenvalue weighted by atomic mass is 32.2. The quantitative estimate of drug-likeness (QED) is 0.623. The highest BCUT2D eigenvalue weighted by Crippen LogP contribution is 1.94. The van der Waals surface area contributed by atoms with Gasteiger partial charge in [0.25, 0.3) is 0 Å². The summed E-state index contributed by atoms with van der Waals surface area (Å²) in [6.45, 7) is 8.00. The number of carbonyl (C=O) groups excluding carboxylic acids is 1. The van der Waals surface area contributed by atoms with Crippen molar-refractivity contribution >= 4 is 15.9 Å². The summed E-state index contributed by atoms with van der Waals surface area (Å²) in [6.07, 6.45) is 3.11. The minimum Gasteiger partial charge on any atom is -0.338 e. The molecule has 0 saturated heterocycles. The summed E-state index contributed by atoms with van der Waals surface area (Å²) in [5.41, 5.74) is 0. The van der Waals surface area contributed by atoms with Crippen LogP contribution in [0.4, 0.5) is 0 Å². The smallest absolute Gasteiger partial charge is 0.219 e. The molecule has 17 heavy (non-hydrogen) atoms. The molecule has 0 rings (SSSR count). The van der Waals surface area contributed by atoms with Gasteiger partial charge in [-0.1, -0.05) is 19.4 Å². The Labute approximate surface area is 104 Å². The van der Waals surface area contributed by atoms with Crippen molar-refractivity contribution in [2.45, 2.75) is 26.7 Å². The maximum atomic E-state index is 11.5. The first kappa shape index (κ1) is 16.1. The fourth-order valence-electron chi connectivity index (χ4n) is 1.28. The van der Waals surface area contributed by atoms with Crippen LogP contribution in [0.3, 0.4) is 0 Å². The van der Waals surface area contributed by atoms with Gasteiger partial charge in [-0.25, -0.2) is 13.1 Å². The van der Waals surface area contributed by atoms with Gasteiger partial charge in [0, 0.05) is 26.6 Å². The Balaban J connectivity index is 4.03. The van der Waals surface area contributed by atoms with E-state index in [1.54, 1.807) is 6.08 Å². The lowest BCUT2D eigenvalue weighted by Crippen LogP contribution is -2.38. The number of hydrogen-bond donors (Lipinski definition) is 1. The number of nitrogens with zero attached hydrogens (tertiary/aromatic N) is 1. The van der Waals surface area contributed by atoms with E-state index >= 15 is 0 Å². The second kappa shape index (κ2) is 8.25. The van der Waals surface area contributed by atoms with E-state index in [-0.39, 0.29) is 18.2 Å². The number of hydrogen-bond acceptors (Lipinski definition) is 3. The van der Waals surface area contributed by atoms with Crippen molar-refractivity contribution in [2.24, 2.45) is 0 Å². The molecule has 0 unspecified atom stereocenters. The molecule has 0 aromatic heterocycles. The zero-order valence-corrected chi connectivity index (χ0v) is 11.4. The molecular weight excluding hydrogens is 240 g/mol. The highest BCUT2D eigenvalue weighted by molar-refractivity contribution is 7.89. The summed E-state index contributed by atoms with van der Waals surface area (Å²) >= 11 is 0. The topological polar surface area (TPSA) is 66.5 Å². The van der Waals surface area contributed by atoms with E-state index in [0.717, 1.165) is 6.42 Å². The second-order valence-electron chi connectivity index (χ2n) is 3.82. The number of amides is 1. The van der Waals surface area contributed by atoms with E-state index in [0.29, 0.717) is 19.5 Å². The van der Waals surface area contributed by atoms with Crippen LogP contribution < -0.4 is 4.72 Å². The van der Waals surface area contributed by atoms with Gasteiger partial charge in [0.15, 0.2) is 0 Å². The molecule has 0 aromatic carbocycles. The lowest BCUT2D eigenvalue weighted by molar-refractivity contribution is -0.128. The monoisotopic (exact) mass is 262 g/mol. The Bertz CT molecular complexity index is 339. The SMILES string of the molecule is C=CCN(CCNS(=O)(=O)CCCC)C(C)=O. The minimum absolute atomic E-state index is 0.0855. The van der Waals surface area contributed by atoms with Gasteiger partial charge >= 0.3 is 0 Å². The van der Waals surface area contributed by atoms with Crippen LogP contribution in [0.2, 0.25) is 0 Å². The van der Waals surface area contributed by atoms with Crippen molar-refractivity contribution < 1.29 is 13.2 Å². The molecule has 1 amide bonds. The molecule has 0 saturated carbocycles. The average molecular weight is 262 g/mol. The van der Waals surface area contributed by atoms with Crippen LogP contribution in [0.25, 0.3) is 0 Å². The third-order valence-corrected chi connectivity index (χ3v) is 3.74. The molecule has 0 atom stereocenters. The Morgan fingerprint density at radius 2 is 2.12 bits per heavy atom. The summed E-state index contributed by atoms with van der Waals surface area (Å²) in [4.78, 5) is 12.7. The van der Waals surface area contributed by atoms with Gasteiger partial charge in [0.05, 0.1) is 5.75 Å². The Morgan fingerprint density at radius 3 is 2.59 bits per heavy atom. The number of nitrogens with one attached hydrogen (secondary N) is 1. The number of unbranched alkanes of at least 4 members (excludes halogenated alkanes) is 1. The van der Waals surface area contributed by atoms with Crippen molar-refractivity contribution in [3.8, 4) is 0 Å². The van der Waals surface area contributed by atoms with Crippen molar-refractivity contribution in [1.29, 1.82) is 0 Å². The molecule has 0 fully saturated rings. The first-order valence-corrected chi connectivity index (χ1v) is 7.42. The van der Waals surface area contributed by atoms with Gasteiger partial charge < -0.3 is 4.90 Å². The maximum Gasteiger partial charge on any atom is 0.219 e. The Kier molecular flexibility index (Phi) is 7.82. The molecular formula is C11H22N2O3S. The van der Waals surface area contributed by atoms with E-state index in [1.165, 1.54) is 11.8 Å². The zero-order chi connectivity index (χ0) is 13.3. The van der Waals surface area contributed by atoms with Crippen LogP contribution in [0.15, 0.2) is 12.7 Å². The molecule has 6 heteroatoms. The van der Waals surface area contributed by atoms with Crippen LogP contribution in [0, 0.1) is 0 Å². The van der Waals surface area contributed by atoms with Gasteiger partial charge in [0.1, 0.15) is 0 Å². The van der Waals surface area contributed by atoms with E-state index in [2.05, 4.69) is 11.3 Å². The normalized spacial score (nSPS) is 11.2. The number of sulfonamides is 1. The third kappa shape index (κ3) is 7.93. The molecule has 0 heterocycles. The molecule has 100 valence electrons. The van der Waals surface area contributed by atoms with Crippen LogP contribution in [-0.4, -0.2) is 44.6 Å². The highest BCUT2D eigenvalue weighted by Gasteiger charge is 2.11. The third-order valence-electron chi connectivity index (χ3n) is 2.27. The molecule has 0 bridgehead atoms. The van der Waals surface area contributed by atoms with E-state index < -0.39 is 10.0 Å². The number of rotatable bonds is 9. The molecule has 0 radical (unpaired) electrons. The first-order chi connectivity index (χ1) is 7.93. The molecule has 0 aromatic rings. The van der Waals surface area contributed by atoms with Crippen LogP contribution in [-0.2, 0) is 14.8 Å². The van der Waals surface area contributed by atoms with Crippen LogP contribution in [0.1, 0.15) is 26.7 Å². The average Bonchev–Trinajstić information content (AvgIpc) is 2.25. The molecule has 0 spiro atoms. The van der Waals surface area contributed by atoms with Crippen LogP contribution >= 0.6 is 0 Å². The van der Waals surface area contributed by atoms with Gasteiger partial charge in [-0.05, 0) is 6.42 Å². The molecule has 1 N–H and O–H groups in total. The summed E-state index contributed by atoms with van der Waals surface area (Å²) < 4.78 is 25.4. The van der Waals surface area contributed by atoms with Crippen molar-refractivity contribution in [1.82, 2.24) is 9.62 Å². The Morgan fingerprint density at radius 1 is 1.47 bits per heavy atom. The summed E-state index contributed by atoms with van der Waals surface area (Å²) in [5.74, 6) is 0.0584. The van der Waals surface area contributed by atoms with E-state index in [1.807, 2.05) is 6.92 Å². The molecule has 0 aliphatic carbocycles. The summed E-state index contributed by atoms with van der Waals surface area (Å²) in [6, 6.07) is 0.